The number of fused-ring (bicyclic) bond motifs is 2. The van der Waals surface area contributed by atoms with Gasteiger partial charge in [0.15, 0.2) is 0 Å². The number of hydrogen-bond donors (Lipinski definition) is 2. The van der Waals surface area contributed by atoms with Crippen LogP contribution < -0.4 is 0 Å². The second kappa shape index (κ2) is 2.03. The molecule has 0 aromatic rings. The second-order valence-corrected chi connectivity index (χ2v) is 3.59. The largest absolute Gasteiger partial charge is 0.312 e. The van der Waals surface area contributed by atoms with Gasteiger partial charge in [-0.3, -0.25) is 0 Å². The van der Waals surface area contributed by atoms with Crippen molar-refractivity contribution in [2.24, 2.45) is 17.3 Å². The number of rotatable bonds is 2. The Morgan fingerprint density at radius 1 is 1.27 bits per heavy atom. The first kappa shape index (κ1) is 6.77. The standard InChI is InChI=1S/C9H12N2/c10-5-9(6-11)4-7-1-2-8(9)3-7/h1-2,5-8,10-11H,3-4H2/t7-,8+,9?/m0/s1. The Kier molecular flexibility index (Phi) is 1.25. The van der Waals surface area contributed by atoms with E-state index in [9.17, 15) is 0 Å². The molecule has 0 heterocycles. The van der Waals surface area contributed by atoms with E-state index in [4.69, 9.17) is 10.8 Å². The third kappa shape index (κ3) is 0.724. The van der Waals surface area contributed by atoms with Gasteiger partial charge in [0.05, 0.1) is 0 Å². The van der Waals surface area contributed by atoms with Crippen LogP contribution in [0.25, 0.3) is 0 Å². The topological polar surface area (TPSA) is 47.7 Å². The number of nitrogens with one attached hydrogen (secondary N) is 2. The van der Waals surface area contributed by atoms with Crippen LogP contribution in [0.1, 0.15) is 12.8 Å². The summed E-state index contributed by atoms with van der Waals surface area (Å²) in [5.41, 5.74) is -0.209. The summed E-state index contributed by atoms with van der Waals surface area (Å²) in [6.07, 6.45) is 9.45. The van der Waals surface area contributed by atoms with Crippen molar-refractivity contribution < 1.29 is 0 Å². The van der Waals surface area contributed by atoms with Crippen molar-refractivity contribution in [3.05, 3.63) is 12.2 Å². The van der Waals surface area contributed by atoms with E-state index in [0.29, 0.717) is 11.8 Å². The normalized spacial score (nSPS) is 46.2. The molecular weight excluding hydrogens is 136 g/mol. The van der Waals surface area contributed by atoms with Crippen molar-refractivity contribution >= 4 is 12.4 Å². The average Bonchev–Trinajstić information content (AvgIpc) is 2.62. The summed E-state index contributed by atoms with van der Waals surface area (Å²) in [5, 5.41) is 14.6. The monoisotopic (exact) mass is 148 g/mol. The van der Waals surface area contributed by atoms with Crippen molar-refractivity contribution in [2.75, 3.05) is 0 Å². The second-order valence-electron chi connectivity index (χ2n) is 3.59. The predicted octanol–water partition coefficient (Wildman–Crippen LogP) is 1.87. The zero-order valence-electron chi connectivity index (χ0n) is 6.38. The average molecular weight is 148 g/mol. The van der Waals surface area contributed by atoms with Crippen LogP contribution in [0.3, 0.4) is 0 Å². The molecule has 0 spiro atoms. The van der Waals surface area contributed by atoms with Crippen LogP contribution in [0, 0.1) is 28.1 Å². The van der Waals surface area contributed by atoms with Gasteiger partial charge in [-0.1, -0.05) is 12.2 Å². The maximum Gasteiger partial charge on any atom is 0.0463 e. The van der Waals surface area contributed by atoms with Gasteiger partial charge in [-0.05, 0) is 24.7 Å². The highest BCUT2D eigenvalue weighted by atomic mass is 14.6. The summed E-state index contributed by atoms with van der Waals surface area (Å²) >= 11 is 0. The maximum atomic E-state index is 7.29. The van der Waals surface area contributed by atoms with E-state index in [1.807, 2.05) is 0 Å². The Bertz CT molecular complexity index is 222. The fourth-order valence-electron chi connectivity index (χ4n) is 2.30. The summed E-state index contributed by atoms with van der Waals surface area (Å²) in [6.45, 7) is 0. The molecule has 0 aromatic carbocycles. The molecule has 0 aromatic heterocycles. The third-order valence-corrected chi connectivity index (χ3v) is 3.02. The van der Waals surface area contributed by atoms with Crippen molar-refractivity contribution in [3.63, 3.8) is 0 Å². The summed E-state index contributed by atoms with van der Waals surface area (Å²) in [5.74, 6) is 1.09. The molecular formula is C9H12N2. The molecule has 2 aliphatic rings. The summed E-state index contributed by atoms with van der Waals surface area (Å²) in [7, 11) is 0. The third-order valence-electron chi connectivity index (χ3n) is 3.02. The highest BCUT2D eigenvalue weighted by molar-refractivity contribution is 5.88. The van der Waals surface area contributed by atoms with Gasteiger partial charge < -0.3 is 10.8 Å². The van der Waals surface area contributed by atoms with Gasteiger partial charge in [-0.15, -0.1) is 0 Å². The predicted molar refractivity (Wildman–Crippen MR) is 45.4 cm³/mol. The van der Waals surface area contributed by atoms with E-state index in [-0.39, 0.29) is 5.41 Å². The SMILES string of the molecule is N=CC1(C=N)C[C@H]2C=C[C@@H]1C2. The lowest BCUT2D eigenvalue weighted by molar-refractivity contribution is 0.498. The zero-order chi connectivity index (χ0) is 7.90. The molecule has 0 unspecified atom stereocenters. The van der Waals surface area contributed by atoms with Gasteiger partial charge in [0.25, 0.3) is 0 Å². The molecule has 0 aliphatic heterocycles. The highest BCUT2D eigenvalue weighted by Crippen LogP contribution is 2.49. The van der Waals surface area contributed by atoms with E-state index < -0.39 is 0 Å². The van der Waals surface area contributed by atoms with Crippen molar-refractivity contribution in [3.8, 4) is 0 Å². The smallest absolute Gasteiger partial charge is 0.0463 e. The molecule has 2 bridgehead atoms. The van der Waals surface area contributed by atoms with Crippen LogP contribution in [0.4, 0.5) is 0 Å². The fourth-order valence-corrected chi connectivity index (χ4v) is 2.30. The molecule has 2 rings (SSSR count). The van der Waals surface area contributed by atoms with Gasteiger partial charge >= 0.3 is 0 Å². The van der Waals surface area contributed by atoms with E-state index in [1.165, 1.54) is 12.4 Å². The first-order valence-corrected chi connectivity index (χ1v) is 4.02. The Morgan fingerprint density at radius 2 is 2.00 bits per heavy atom. The van der Waals surface area contributed by atoms with Gasteiger partial charge in [-0.25, -0.2) is 0 Å². The van der Waals surface area contributed by atoms with Crippen molar-refractivity contribution in [1.82, 2.24) is 0 Å². The number of allylic oxidation sites excluding steroid dienone is 2. The van der Waals surface area contributed by atoms with E-state index in [1.54, 1.807) is 0 Å². The van der Waals surface area contributed by atoms with Crippen molar-refractivity contribution in [2.45, 2.75) is 12.8 Å². The number of hydrogen-bond acceptors (Lipinski definition) is 2. The van der Waals surface area contributed by atoms with Gasteiger partial charge in [0, 0.05) is 17.8 Å². The Hall–Kier alpha value is -0.920. The lowest BCUT2D eigenvalue weighted by Crippen LogP contribution is -2.28. The molecule has 11 heavy (non-hydrogen) atoms. The molecule has 2 N–H and O–H groups in total. The molecule has 2 heteroatoms. The lowest BCUT2D eigenvalue weighted by atomic mass is 9.78. The first-order valence-electron chi connectivity index (χ1n) is 4.02. The van der Waals surface area contributed by atoms with Crippen LogP contribution in [-0.2, 0) is 0 Å². The molecule has 0 amide bonds. The minimum absolute atomic E-state index is 0.209. The Morgan fingerprint density at radius 3 is 2.27 bits per heavy atom. The van der Waals surface area contributed by atoms with Crippen LogP contribution in [0.15, 0.2) is 12.2 Å². The van der Waals surface area contributed by atoms with E-state index >= 15 is 0 Å². The lowest BCUT2D eigenvalue weighted by Gasteiger charge is -2.25. The minimum atomic E-state index is -0.209. The van der Waals surface area contributed by atoms with E-state index in [0.717, 1.165) is 12.8 Å². The van der Waals surface area contributed by atoms with Crippen LogP contribution in [-0.4, -0.2) is 12.4 Å². The molecule has 1 saturated carbocycles. The fraction of sp³-hybridized carbons (Fsp3) is 0.556. The minimum Gasteiger partial charge on any atom is -0.312 e. The van der Waals surface area contributed by atoms with E-state index in [2.05, 4.69) is 12.2 Å². The van der Waals surface area contributed by atoms with Gasteiger partial charge in [0.1, 0.15) is 0 Å². The van der Waals surface area contributed by atoms with Crippen LogP contribution in [0.5, 0.6) is 0 Å². The molecule has 58 valence electrons. The molecule has 1 fully saturated rings. The van der Waals surface area contributed by atoms with Crippen LogP contribution in [0.2, 0.25) is 0 Å². The van der Waals surface area contributed by atoms with Crippen molar-refractivity contribution in [1.29, 1.82) is 10.8 Å². The zero-order valence-corrected chi connectivity index (χ0v) is 6.38. The van der Waals surface area contributed by atoms with Gasteiger partial charge in [0.2, 0.25) is 0 Å². The quantitative estimate of drug-likeness (QED) is 0.443. The highest BCUT2D eigenvalue weighted by Gasteiger charge is 2.45. The summed E-state index contributed by atoms with van der Waals surface area (Å²) < 4.78 is 0. The summed E-state index contributed by atoms with van der Waals surface area (Å²) in [4.78, 5) is 0. The Labute approximate surface area is 66.3 Å². The molecule has 0 saturated heterocycles. The Balaban J connectivity index is 2.35. The first-order chi connectivity index (χ1) is 5.30. The molecule has 2 nitrogen and oxygen atoms in total. The van der Waals surface area contributed by atoms with Gasteiger partial charge in [-0.2, -0.15) is 0 Å². The summed E-state index contributed by atoms with van der Waals surface area (Å²) in [6, 6.07) is 0. The molecule has 2 atom stereocenters. The maximum absolute atomic E-state index is 7.29. The molecule has 0 radical (unpaired) electrons. The van der Waals surface area contributed by atoms with Crippen LogP contribution >= 0.6 is 0 Å². The molecule has 2 aliphatic carbocycles.